The summed E-state index contributed by atoms with van der Waals surface area (Å²) < 4.78 is 0. The molecule has 0 aliphatic heterocycles. The molecular weight excluding hydrogens is 214 g/mol. The van der Waals surface area contributed by atoms with E-state index in [2.05, 4.69) is 26.1 Å². The summed E-state index contributed by atoms with van der Waals surface area (Å²) >= 11 is 0. The van der Waals surface area contributed by atoms with Gasteiger partial charge in [-0.15, -0.1) is 0 Å². The first-order chi connectivity index (χ1) is 7.95. The second-order valence-electron chi connectivity index (χ2n) is 4.48. The Hall–Kier alpha value is -1.71. The van der Waals surface area contributed by atoms with Gasteiger partial charge < -0.3 is 16.8 Å². The van der Waals surface area contributed by atoms with Crippen molar-refractivity contribution in [1.82, 2.24) is 0 Å². The predicted molar refractivity (Wildman–Crippen MR) is 71.9 cm³/mol. The number of hydrogen-bond donors (Lipinski definition) is 3. The highest BCUT2D eigenvalue weighted by Crippen LogP contribution is 2.20. The van der Waals surface area contributed by atoms with Crippen LogP contribution in [0.4, 0.5) is 11.4 Å². The van der Waals surface area contributed by atoms with Crippen molar-refractivity contribution in [1.29, 1.82) is 0 Å². The molecule has 94 valence electrons. The van der Waals surface area contributed by atoms with Gasteiger partial charge in [-0.1, -0.05) is 20.3 Å². The van der Waals surface area contributed by atoms with Gasteiger partial charge in [0.25, 0.3) is 5.91 Å². The van der Waals surface area contributed by atoms with Crippen LogP contribution < -0.4 is 16.8 Å². The topological polar surface area (TPSA) is 81.1 Å². The lowest BCUT2D eigenvalue weighted by molar-refractivity contribution is 0.100. The van der Waals surface area contributed by atoms with Crippen LogP contribution in [0, 0.1) is 5.92 Å². The summed E-state index contributed by atoms with van der Waals surface area (Å²) in [5.74, 6) is 0.0620. The van der Waals surface area contributed by atoms with Gasteiger partial charge in [-0.25, -0.2) is 0 Å². The van der Waals surface area contributed by atoms with Crippen molar-refractivity contribution in [2.24, 2.45) is 11.7 Å². The largest absolute Gasteiger partial charge is 0.398 e. The molecule has 0 aliphatic rings. The zero-order chi connectivity index (χ0) is 13.0. The standard InChI is InChI=1S/C13H21N3O/c1-4-8(2)9(3)16-10-5-6-12(14)11(7-10)13(15)17/h5-9,16H,4,14H2,1-3H3,(H2,15,17). The number of benzene rings is 1. The number of anilines is 2. The van der Waals surface area contributed by atoms with E-state index in [0.29, 0.717) is 23.2 Å². The first-order valence-electron chi connectivity index (χ1n) is 5.91. The monoisotopic (exact) mass is 235 g/mol. The molecule has 1 aromatic rings. The van der Waals surface area contributed by atoms with Crippen LogP contribution in [0.15, 0.2) is 18.2 Å². The van der Waals surface area contributed by atoms with Crippen molar-refractivity contribution in [2.75, 3.05) is 11.1 Å². The van der Waals surface area contributed by atoms with E-state index in [9.17, 15) is 4.79 Å². The van der Waals surface area contributed by atoms with Gasteiger partial charge in [-0.3, -0.25) is 4.79 Å². The van der Waals surface area contributed by atoms with Crippen LogP contribution in [0.2, 0.25) is 0 Å². The van der Waals surface area contributed by atoms with Crippen LogP contribution in [-0.4, -0.2) is 11.9 Å². The summed E-state index contributed by atoms with van der Waals surface area (Å²) in [6.07, 6.45) is 1.10. The maximum atomic E-state index is 11.2. The van der Waals surface area contributed by atoms with E-state index in [1.807, 2.05) is 6.07 Å². The Labute approximate surface area is 102 Å². The molecule has 0 saturated carbocycles. The van der Waals surface area contributed by atoms with Gasteiger partial charge in [0.05, 0.1) is 5.56 Å². The number of rotatable bonds is 5. The van der Waals surface area contributed by atoms with Crippen LogP contribution in [0.3, 0.4) is 0 Å². The van der Waals surface area contributed by atoms with Gasteiger partial charge >= 0.3 is 0 Å². The molecule has 5 N–H and O–H groups in total. The van der Waals surface area contributed by atoms with E-state index in [4.69, 9.17) is 11.5 Å². The van der Waals surface area contributed by atoms with Crippen LogP contribution >= 0.6 is 0 Å². The minimum Gasteiger partial charge on any atom is -0.398 e. The minimum absolute atomic E-state index is 0.337. The third-order valence-electron chi connectivity index (χ3n) is 3.21. The zero-order valence-corrected chi connectivity index (χ0v) is 10.7. The van der Waals surface area contributed by atoms with Crippen molar-refractivity contribution in [3.8, 4) is 0 Å². The summed E-state index contributed by atoms with van der Waals surface area (Å²) in [5.41, 5.74) is 12.6. The maximum absolute atomic E-state index is 11.2. The Balaban J connectivity index is 2.86. The van der Waals surface area contributed by atoms with Gasteiger partial charge in [-0.05, 0) is 31.0 Å². The second kappa shape index (κ2) is 5.57. The van der Waals surface area contributed by atoms with Gasteiger partial charge in [-0.2, -0.15) is 0 Å². The Kier molecular flexibility index (Phi) is 4.37. The fourth-order valence-electron chi connectivity index (χ4n) is 1.62. The average Bonchev–Trinajstić information content (AvgIpc) is 2.30. The van der Waals surface area contributed by atoms with E-state index >= 15 is 0 Å². The lowest BCUT2D eigenvalue weighted by atomic mass is 10.0. The summed E-state index contributed by atoms with van der Waals surface area (Å²) in [6, 6.07) is 5.60. The van der Waals surface area contributed by atoms with Gasteiger partial charge in [0.15, 0.2) is 0 Å². The average molecular weight is 235 g/mol. The van der Waals surface area contributed by atoms with E-state index in [-0.39, 0.29) is 0 Å². The quantitative estimate of drug-likeness (QED) is 0.684. The fraction of sp³-hybridized carbons (Fsp3) is 0.462. The Morgan fingerprint density at radius 1 is 1.41 bits per heavy atom. The molecule has 2 atom stereocenters. The van der Waals surface area contributed by atoms with Crippen LogP contribution in [0.1, 0.15) is 37.6 Å². The molecule has 2 unspecified atom stereocenters. The van der Waals surface area contributed by atoms with Crippen molar-refractivity contribution in [2.45, 2.75) is 33.2 Å². The predicted octanol–water partition coefficient (Wildman–Crippen LogP) is 2.21. The number of carbonyl (C=O) groups excluding carboxylic acids is 1. The number of primary amides is 1. The number of hydrogen-bond acceptors (Lipinski definition) is 3. The minimum atomic E-state index is -0.498. The van der Waals surface area contributed by atoms with E-state index in [1.165, 1.54) is 0 Å². The number of nitrogens with two attached hydrogens (primary N) is 2. The molecule has 4 nitrogen and oxygen atoms in total. The molecule has 0 aromatic heterocycles. The van der Waals surface area contributed by atoms with Crippen molar-refractivity contribution in [3.05, 3.63) is 23.8 Å². The first-order valence-corrected chi connectivity index (χ1v) is 5.91. The molecule has 17 heavy (non-hydrogen) atoms. The summed E-state index contributed by atoms with van der Waals surface area (Å²) in [6.45, 7) is 6.46. The molecule has 0 heterocycles. The molecule has 0 radical (unpaired) electrons. The van der Waals surface area contributed by atoms with E-state index < -0.39 is 5.91 Å². The number of carbonyl (C=O) groups is 1. The van der Waals surface area contributed by atoms with Crippen molar-refractivity contribution >= 4 is 17.3 Å². The van der Waals surface area contributed by atoms with Crippen LogP contribution in [0.5, 0.6) is 0 Å². The Morgan fingerprint density at radius 2 is 2.06 bits per heavy atom. The number of nitrogen functional groups attached to an aromatic ring is 1. The lowest BCUT2D eigenvalue weighted by Gasteiger charge is -2.21. The highest BCUT2D eigenvalue weighted by Gasteiger charge is 2.11. The molecule has 0 aliphatic carbocycles. The highest BCUT2D eigenvalue weighted by atomic mass is 16.1. The zero-order valence-electron chi connectivity index (χ0n) is 10.7. The lowest BCUT2D eigenvalue weighted by Crippen LogP contribution is -2.23. The number of amides is 1. The van der Waals surface area contributed by atoms with Gasteiger partial charge in [0.1, 0.15) is 0 Å². The molecule has 1 amide bonds. The Morgan fingerprint density at radius 3 is 2.59 bits per heavy atom. The number of nitrogens with one attached hydrogen (secondary N) is 1. The van der Waals surface area contributed by atoms with Gasteiger partial charge in [0, 0.05) is 17.4 Å². The Bertz CT molecular complexity index is 404. The molecule has 1 rings (SSSR count). The molecule has 0 bridgehead atoms. The van der Waals surface area contributed by atoms with Gasteiger partial charge in [0.2, 0.25) is 0 Å². The van der Waals surface area contributed by atoms with Crippen molar-refractivity contribution < 1.29 is 4.79 Å². The molecule has 1 aromatic carbocycles. The molecule has 0 spiro atoms. The normalized spacial score (nSPS) is 14.1. The molecular formula is C13H21N3O. The van der Waals surface area contributed by atoms with Crippen LogP contribution in [0.25, 0.3) is 0 Å². The summed E-state index contributed by atoms with van der Waals surface area (Å²) in [4.78, 5) is 11.2. The molecule has 0 fully saturated rings. The first kappa shape index (κ1) is 13.4. The summed E-state index contributed by atoms with van der Waals surface area (Å²) in [7, 11) is 0. The third-order valence-corrected chi connectivity index (χ3v) is 3.21. The maximum Gasteiger partial charge on any atom is 0.250 e. The fourth-order valence-corrected chi connectivity index (χ4v) is 1.62. The smallest absolute Gasteiger partial charge is 0.250 e. The van der Waals surface area contributed by atoms with E-state index in [1.54, 1.807) is 12.1 Å². The highest BCUT2D eigenvalue weighted by molar-refractivity contribution is 5.98. The molecule has 4 heteroatoms. The SMILES string of the molecule is CCC(C)C(C)Nc1ccc(N)c(C(N)=O)c1. The van der Waals surface area contributed by atoms with E-state index in [0.717, 1.165) is 12.1 Å². The molecule has 0 saturated heterocycles. The third kappa shape index (κ3) is 3.37. The van der Waals surface area contributed by atoms with Crippen LogP contribution in [-0.2, 0) is 0 Å². The van der Waals surface area contributed by atoms with Crippen molar-refractivity contribution in [3.63, 3.8) is 0 Å². The second-order valence-corrected chi connectivity index (χ2v) is 4.48. The summed E-state index contributed by atoms with van der Waals surface area (Å²) in [5, 5.41) is 3.35.